The van der Waals surface area contributed by atoms with Crippen molar-refractivity contribution in [2.75, 3.05) is 13.2 Å². The number of unbranched alkanes of at least 4 members (excludes halogenated alkanes) is 3. The van der Waals surface area contributed by atoms with Crippen molar-refractivity contribution in [2.24, 2.45) is 5.92 Å². The van der Waals surface area contributed by atoms with E-state index in [4.69, 9.17) is 9.47 Å². The molecule has 1 rings (SSSR count). The van der Waals surface area contributed by atoms with E-state index in [9.17, 15) is 9.59 Å². The van der Waals surface area contributed by atoms with Crippen molar-refractivity contribution >= 4 is 11.9 Å². The Bertz CT molecular complexity index is 316. The summed E-state index contributed by atoms with van der Waals surface area (Å²) >= 11 is 0. The van der Waals surface area contributed by atoms with Crippen LogP contribution in [0, 0.1) is 5.92 Å². The zero-order valence-electron chi connectivity index (χ0n) is 12.4. The number of carbonyl (C=O) groups is 2. The summed E-state index contributed by atoms with van der Waals surface area (Å²) < 4.78 is 10.1. The summed E-state index contributed by atoms with van der Waals surface area (Å²) in [5.41, 5.74) is 0. The van der Waals surface area contributed by atoms with Gasteiger partial charge < -0.3 is 9.47 Å². The topological polar surface area (TPSA) is 52.6 Å². The molecule has 4 nitrogen and oxygen atoms in total. The van der Waals surface area contributed by atoms with Gasteiger partial charge in [0, 0.05) is 12.2 Å². The van der Waals surface area contributed by atoms with E-state index in [1.54, 1.807) is 0 Å². The Morgan fingerprint density at radius 1 is 1.00 bits per heavy atom. The maximum atomic E-state index is 11.4. The average molecular weight is 282 g/mol. The van der Waals surface area contributed by atoms with Gasteiger partial charge in [-0.05, 0) is 25.2 Å². The van der Waals surface area contributed by atoms with Gasteiger partial charge in [-0.2, -0.15) is 0 Å². The highest BCUT2D eigenvalue weighted by Crippen LogP contribution is 2.24. The van der Waals surface area contributed by atoms with Gasteiger partial charge in [-0.25, -0.2) is 9.59 Å². The van der Waals surface area contributed by atoms with Crippen molar-refractivity contribution in [3.8, 4) is 0 Å². The monoisotopic (exact) mass is 282 g/mol. The molecular formula is C16H26O4. The molecule has 20 heavy (non-hydrogen) atoms. The van der Waals surface area contributed by atoms with Crippen molar-refractivity contribution in [1.29, 1.82) is 0 Å². The molecule has 0 aromatic rings. The molecule has 1 aliphatic rings. The van der Waals surface area contributed by atoms with E-state index < -0.39 is 11.9 Å². The van der Waals surface area contributed by atoms with Crippen molar-refractivity contribution in [3.05, 3.63) is 12.2 Å². The first kappa shape index (κ1) is 16.7. The van der Waals surface area contributed by atoms with Crippen LogP contribution in [0.25, 0.3) is 0 Å². The lowest BCUT2D eigenvalue weighted by Gasteiger charge is -2.07. The molecule has 1 saturated carbocycles. The molecule has 0 aliphatic heterocycles. The Morgan fingerprint density at radius 2 is 1.65 bits per heavy atom. The van der Waals surface area contributed by atoms with E-state index in [0.29, 0.717) is 19.1 Å². The molecule has 0 saturated heterocycles. The molecule has 0 heterocycles. The Hall–Kier alpha value is -1.32. The molecule has 1 fully saturated rings. The first-order chi connectivity index (χ1) is 9.72. The van der Waals surface area contributed by atoms with Gasteiger partial charge in [0.25, 0.3) is 0 Å². The summed E-state index contributed by atoms with van der Waals surface area (Å²) in [6.07, 6.45) is 11.3. The first-order valence-electron chi connectivity index (χ1n) is 7.74. The minimum atomic E-state index is -0.473. The van der Waals surface area contributed by atoms with Crippen LogP contribution < -0.4 is 0 Å². The van der Waals surface area contributed by atoms with Gasteiger partial charge in [0.15, 0.2) is 0 Å². The lowest BCUT2D eigenvalue weighted by atomic mass is 10.1. The van der Waals surface area contributed by atoms with Crippen LogP contribution in [-0.2, 0) is 19.1 Å². The van der Waals surface area contributed by atoms with Crippen LogP contribution in [0.2, 0.25) is 0 Å². The molecule has 0 aromatic carbocycles. The molecular weight excluding hydrogens is 256 g/mol. The summed E-state index contributed by atoms with van der Waals surface area (Å²) in [6, 6.07) is 0. The number of esters is 2. The predicted molar refractivity (Wildman–Crippen MR) is 77.2 cm³/mol. The van der Waals surface area contributed by atoms with E-state index in [1.807, 2.05) is 0 Å². The zero-order chi connectivity index (χ0) is 14.6. The second-order valence-corrected chi connectivity index (χ2v) is 5.34. The van der Waals surface area contributed by atoms with Gasteiger partial charge in [-0.15, -0.1) is 0 Å². The maximum absolute atomic E-state index is 11.4. The summed E-state index contributed by atoms with van der Waals surface area (Å²) in [7, 11) is 0. The van der Waals surface area contributed by atoms with E-state index in [1.165, 1.54) is 12.8 Å². The van der Waals surface area contributed by atoms with Crippen LogP contribution in [0.15, 0.2) is 12.2 Å². The number of carbonyl (C=O) groups excluding carboxylic acids is 2. The van der Waals surface area contributed by atoms with Gasteiger partial charge in [0.1, 0.15) is 0 Å². The Morgan fingerprint density at radius 3 is 2.30 bits per heavy atom. The molecule has 0 amide bonds. The molecule has 0 unspecified atom stereocenters. The second kappa shape index (κ2) is 10.5. The molecule has 4 heteroatoms. The summed E-state index contributed by atoms with van der Waals surface area (Å²) in [6.45, 7) is 3.02. The fourth-order valence-electron chi connectivity index (χ4n) is 2.31. The van der Waals surface area contributed by atoms with Crippen LogP contribution in [0.3, 0.4) is 0 Å². The average Bonchev–Trinajstić information content (AvgIpc) is 2.96. The highest BCUT2D eigenvalue weighted by molar-refractivity contribution is 5.91. The molecule has 114 valence electrons. The lowest BCUT2D eigenvalue weighted by molar-refractivity contribution is -0.141. The van der Waals surface area contributed by atoms with Gasteiger partial charge in [-0.3, -0.25) is 0 Å². The van der Waals surface area contributed by atoms with Crippen molar-refractivity contribution in [2.45, 2.75) is 58.3 Å². The SMILES string of the molecule is CCCCCCOC(=O)/C=C/C(=O)OCC1CCCC1. The molecule has 0 bridgehead atoms. The summed E-state index contributed by atoms with van der Waals surface area (Å²) in [5, 5.41) is 0. The molecule has 0 N–H and O–H groups in total. The molecule has 0 aromatic heterocycles. The normalized spacial score (nSPS) is 15.7. The molecule has 0 atom stereocenters. The fourth-order valence-corrected chi connectivity index (χ4v) is 2.31. The van der Waals surface area contributed by atoms with Gasteiger partial charge in [0.2, 0.25) is 0 Å². The van der Waals surface area contributed by atoms with Crippen LogP contribution in [0.5, 0.6) is 0 Å². The van der Waals surface area contributed by atoms with E-state index in [2.05, 4.69) is 6.92 Å². The van der Waals surface area contributed by atoms with Crippen LogP contribution in [-0.4, -0.2) is 25.2 Å². The highest BCUT2D eigenvalue weighted by atomic mass is 16.5. The van der Waals surface area contributed by atoms with Crippen molar-refractivity contribution in [3.63, 3.8) is 0 Å². The van der Waals surface area contributed by atoms with Crippen LogP contribution in [0.4, 0.5) is 0 Å². The standard InChI is InChI=1S/C16H26O4/c1-2-3-4-7-12-19-15(17)10-11-16(18)20-13-14-8-5-6-9-14/h10-11,14H,2-9,12-13H2,1H3/b11-10+. The quantitative estimate of drug-likeness (QED) is 0.369. The van der Waals surface area contributed by atoms with Crippen molar-refractivity contribution < 1.29 is 19.1 Å². The Balaban J connectivity index is 2.05. The van der Waals surface area contributed by atoms with E-state index in [-0.39, 0.29) is 0 Å². The van der Waals surface area contributed by atoms with Crippen LogP contribution in [0.1, 0.15) is 58.3 Å². The third kappa shape index (κ3) is 7.97. The number of ether oxygens (including phenoxy) is 2. The fraction of sp³-hybridized carbons (Fsp3) is 0.750. The van der Waals surface area contributed by atoms with Gasteiger partial charge in [0.05, 0.1) is 13.2 Å². The Kier molecular flexibility index (Phi) is 8.76. The van der Waals surface area contributed by atoms with Crippen molar-refractivity contribution in [1.82, 2.24) is 0 Å². The highest BCUT2D eigenvalue weighted by Gasteiger charge is 2.16. The third-order valence-corrected chi connectivity index (χ3v) is 3.53. The number of hydrogen-bond acceptors (Lipinski definition) is 4. The third-order valence-electron chi connectivity index (χ3n) is 3.53. The van der Waals surface area contributed by atoms with Gasteiger partial charge >= 0.3 is 11.9 Å². The molecule has 0 spiro atoms. The zero-order valence-corrected chi connectivity index (χ0v) is 12.4. The van der Waals surface area contributed by atoms with Gasteiger partial charge in [-0.1, -0.05) is 39.0 Å². The Labute approximate surface area is 121 Å². The number of hydrogen-bond donors (Lipinski definition) is 0. The molecule has 1 aliphatic carbocycles. The largest absolute Gasteiger partial charge is 0.463 e. The smallest absolute Gasteiger partial charge is 0.331 e. The molecule has 0 radical (unpaired) electrons. The maximum Gasteiger partial charge on any atom is 0.331 e. The summed E-state index contributed by atoms with van der Waals surface area (Å²) in [5.74, 6) is -0.433. The second-order valence-electron chi connectivity index (χ2n) is 5.34. The van der Waals surface area contributed by atoms with E-state index in [0.717, 1.165) is 50.7 Å². The first-order valence-corrected chi connectivity index (χ1v) is 7.74. The predicted octanol–water partition coefficient (Wildman–Crippen LogP) is 3.40. The van der Waals surface area contributed by atoms with E-state index >= 15 is 0 Å². The number of rotatable bonds is 9. The minimum Gasteiger partial charge on any atom is -0.463 e. The minimum absolute atomic E-state index is 0.417. The van der Waals surface area contributed by atoms with Crippen LogP contribution >= 0.6 is 0 Å². The summed E-state index contributed by atoms with van der Waals surface area (Å²) in [4.78, 5) is 22.7. The lowest BCUT2D eigenvalue weighted by Crippen LogP contribution is -2.10.